The van der Waals surface area contributed by atoms with Crippen LogP contribution in [0.1, 0.15) is 30.7 Å². The quantitative estimate of drug-likeness (QED) is 0.825. The van der Waals surface area contributed by atoms with Crippen molar-refractivity contribution >= 4 is 11.6 Å². The molecule has 114 valence electrons. The van der Waals surface area contributed by atoms with Crippen molar-refractivity contribution in [3.63, 3.8) is 0 Å². The maximum absolute atomic E-state index is 14.3. The molecule has 21 heavy (non-hydrogen) atoms. The number of hydrogen-bond donors (Lipinski definition) is 1. The van der Waals surface area contributed by atoms with E-state index in [1.165, 1.54) is 7.11 Å². The summed E-state index contributed by atoms with van der Waals surface area (Å²) in [4.78, 5) is 0. The minimum Gasteiger partial charge on any atom is -0.494 e. The highest BCUT2D eigenvalue weighted by molar-refractivity contribution is 6.28. The van der Waals surface area contributed by atoms with Crippen molar-refractivity contribution in [3.8, 4) is 5.75 Å². The number of halogens is 2. The molecule has 1 heterocycles. The molecule has 0 spiro atoms. The van der Waals surface area contributed by atoms with Gasteiger partial charge in [-0.1, -0.05) is 19.1 Å². The third kappa shape index (κ3) is 3.99. The summed E-state index contributed by atoms with van der Waals surface area (Å²) in [6, 6.07) is 8.52. The van der Waals surface area contributed by atoms with E-state index in [1.807, 2.05) is 6.07 Å². The van der Waals surface area contributed by atoms with Crippen molar-refractivity contribution in [1.29, 1.82) is 0 Å². The molecule has 0 amide bonds. The fourth-order valence-electron chi connectivity index (χ4n) is 2.20. The molecule has 2 rings (SSSR count). The van der Waals surface area contributed by atoms with E-state index in [9.17, 15) is 4.39 Å². The molecule has 1 unspecified atom stereocenters. The van der Waals surface area contributed by atoms with Crippen molar-refractivity contribution in [2.75, 3.05) is 13.7 Å². The summed E-state index contributed by atoms with van der Waals surface area (Å²) >= 11 is 5.83. The topological polar surface area (TPSA) is 34.4 Å². The molecule has 3 nitrogen and oxygen atoms in total. The Bertz CT molecular complexity index is 585. The van der Waals surface area contributed by atoms with E-state index in [4.69, 9.17) is 20.8 Å². The number of hydrogen-bond acceptors (Lipinski definition) is 3. The lowest BCUT2D eigenvalue weighted by molar-refractivity contribution is 0.377. The molecule has 1 aromatic heterocycles. The summed E-state index contributed by atoms with van der Waals surface area (Å²) < 4.78 is 24.7. The zero-order valence-corrected chi connectivity index (χ0v) is 12.9. The number of methoxy groups -OCH3 is 1. The van der Waals surface area contributed by atoms with E-state index in [-0.39, 0.29) is 17.6 Å². The molecule has 0 aliphatic rings. The second-order valence-electron chi connectivity index (χ2n) is 4.79. The van der Waals surface area contributed by atoms with Gasteiger partial charge in [-0.15, -0.1) is 0 Å². The average molecular weight is 312 g/mol. The van der Waals surface area contributed by atoms with Crippen molar-refractivity contribution < 1.29 is 13.5 Å². The Morgan fingerprint density at radius 1 is 1.33 bits per heavy atom. The van der Waals surface area contributed by atoms with Gasteiger partial charge in [0.1, 0.15) is 5.76 Å². The zero-order chi connectivity index (χ0) is 15.2. The molecular weight excluding hydrogens is 293 g/mol. The first-order valence-electron chi connectivity index (χ1n) is 6.95. The van der Waals surface area contributed by atoms with E-state index in [1.54, 1.807) is 24.3 Å². The van der Waals surface area contributed by atoms with Gasteiger partial charge in [0, 0.05) is 0 Å². The van der Waals surface area contributed by atoms with E-state index in [0.717, 1.165) is 13.0 Å². The van der Waals surface area contributed by atoms with Gasteiger partial charge in [0.05, 0.1) is 13.2 Å². The zero-order valence-electron chi connectivity index (χ0n) is 12.2. The highest BCUT2D eigenvalue weighted by Gasteiger charge is 2.18. The highest BCUT2D eigenvalue weighted by Crippen LogP contribution is 2.27. The molecule has 0 aliphatic heterocycles. The molecule has 0 saturated carbocycles. The van der Waals surface area contributed by atoms with Crippen molar-refractivity contribution in [2.24, 2.45) is 0 Å². The second kappa shape index (κ2) is 7.48. The molecule has 0 aliphatic carbocycles. The number of benzene rings is 1. The van der Waals surface area contributed by atoms with Crippen LogP contribution in [0.25, 0.3) is 0 Å². The van der Waals surface area contributed by atoms with Gasteiger partial charge in [0.15, 0.2) is 16.8 Å². The van der Waals surface area contributed by atoms with Crippen LogP contribution in [0.4, 0.5) is 4.39 Å². The van der Waals surface area contributed by atoms with Gasteiger partial charge in [-0.2, -0.15) is 0 Å². The smallest absolute Gasteiger partial charge is 0.193 e. The third-order valence-corrected chi connectivity index (χ3v) is 3.47. The Kier molecular flexibility index (Phi) is 5.65. The first kappa shape index (κ1) is 15.9. The molecule has 0 bridgehead atoms. The lowest BCUT2D eigenvalue weighted by Gasteiger charge is -2.17. The summed E-state index contributed by atoms with van der Waals surface area (Å²) in [6.45, 7) is 2.89. The van der Waals surface area contributed by atoms with E-state index < -0.39 is 0 Å². The molecule has 2 aromatic rings. The standard InChI is InChI=1S/C16H19ClFNO2/c1-3-9-19-12(13-7-8-15(17)21-13)10-11-5-4-6-14(20-2)16(11)18/h4-8,12,19H,3,9-10H2,1-2H3. The number of furan rings is 1. The van der Waals surface area contributed by atoms with E-state index in [0.29, 0.717) is 23.0 Å². The molecule has 1 aromatic carbocycles. The SMILES string of the molecule is CCCNC(Cc1cccc(OC)c1F)c1ccc(Cl)o1. The third-order valence-electron chi connectivity index (χ3n) is 3.27. The van der Waals surface area contributed by atoms with Crippen LogP contribution in [0.3, 0.4) is 0 Å². The summed E-state index contributed by atoms with van der Waals surface area (Å²) in [5.41, 5.74) is 0.579. The van der Waals surface area contributed by atoms with Crippen LogP contribution >= 0.6 is 11.6 Å². The van der Waals surface area contributed by atoms with Crippen molar-refractivity contribution in [1.82, 2.24) is 5.32 Å². The van der Waals surface area contributed by atoms with Crippen LogP contribution in [0.15, 0.2) is 34.7 Å². The lowest BCUT2D eigenvalue weighted by atomic mass is 10.0. The Labute approximate surface area is 129 Å². The molecule has 5 heteroatoms. The van der Waals surface area contributed by atoms with Crippen molar-refractivity contribution in [3.05, 3.63) is 52.7 Å². The molecule has 0 fully saturated rings. The Morgan fingerprint density at radius 2 is 2.14 bits per heavy atom. The van der Waals surface area contributed by atoms with Crippen LogP contribution in [-0.4, -0.2) is 13.7 Å². The summed E-state index contributed by atoms with van der Waals surface area (Å²) in [5, 5.41) is 3.69. The van der Waals surface area contributed by atoms with Gasteiger partial charge in [-0.05, 0) is 54.7 Å². The molecule has 1 atom stereocenters. The first-order valence-corrected chi connectivity index (χ1v) is 7.33. The second-order valence-corrected chi connectivity index (χ2v) is 5.16. The monoisotopic (exact) mass is 311 g/mol. The van der Waals surface area contributed by atoms with Crippen LogP contribution in [0.5, 0.6) is 5.75 Å². The highest BCUT2D eigenvalue weighted by atomic mass is 35.5. The number of ether oxygens (including phenoxy) is 1. The van der Waals surface area contributed by atoms with Gasteiger partial charge >= 0.3 is 0 Å². The summed E-state index contributed by atoms with van der Waals surface area (Å²) in [6.07, 6.45) is 1.44. The Hall–Kier alpha value is -1.52. The van der Waals surface area contributed by atoms with Crippen LogP contribution in [0, 0.1) is 5.82 Å². The van der Waals surface area contributed by atoms with Gasteiger partial charge in [-0.3, -0.25) is 0 Å². The van der Waals surface area contributed by atoms with Crippen molar-refractivity contribution in [2.45, 2.75) is 25.8 Å². The van der Waals surface area contributed by atoms with Crippen LogP contribution < -0.4 is 10.1 Å². The maximum Gasteiger partial charge on any atom is 0.193 e. The van der Waals surface area contributed by atoms with E-state index in [2.05, 4.69) is 12.2 Å². The van der Waals surface area contributed by atoms with Crippen LogP contribution in [-0.2, 0) is 6.42 Å². The van der Waals surface area contributed by atoms with Gasteiger partial charge in [0.2, 0.25) is 0 Å². The fourth-order valence-corrected chi connectivity index (χ4v) is 2.35. The van der Waals surface area contributed by atoms with Gasteiger partial charge in [-0.25, -0.2) is 4.39 Å². The predicted molar refractivity (Wildman–Crippen MR) is 81.4 cm³/mol. The van der Waals surface area contributed by atoms with Crippen LogP contribution in [0.2, 0.25) is 5.22 Å². The lowest BCUT2D eigenvalue weighted by Crippen LogP contribution is -2.24. The molecular formula is C16H19ClFNO2. The average Bonchev–Trinajstić information content (AvgIpc) is 2.91. The van der Waals surface area contributed by atoms with E-state index >= 15 is 0 Å². The normalized spacial score (nSPS) is 12.4. The Morgan fingerprint density at radius 3 is 2.76 bits per heavy atom. The molecule has 1 N–H and O–H groups in total. The molecule has 0 saturated heterocycles. The molecule has 0 radical (unpaired) electrons. The summed E-state index contributed by atoms with van der Waals surface area (Å²) in [5.74, 6) is 0.621. The number of rotatable bonds is 7. The predicted octanol–water partition coefficient (Wildman–Crippen LogP) is 4.36. The Balaban J connectivity index is 2.22. The summed E-state index contributed by atoms with van der Waals surface area (Å²) in [7, 11) is 1.46. The minimum atomic E-state index is -0.332. The van der Waals surface area contributed by atoms with Gasteiger partial charge in [0.25, 0.3) is 0 Å². The minimum absolute atomic E-state index is 0.126. The fraction of sp³-hybridized carbons (Fsp3) is 0.375. The largest absolute Gasteiger partial charge is 0.494 e. The van der Waals surface area contributed by atoms with Gasteiger partial charge < -0.3 is 14.5 Å². The first-order chi connectivity index (χ1) is 10.2. The maximum atomic E-state index is 14.3. The number of nitrogens with one attached hydrogen (secondary N) is 1.